The Morgan fingerprint density at radius 1 is 1.33 bits per heavy atom. The summed E-state index contributed by atoms with van der Waals surface area (Å²) in [7, 11) is 5.45. The Labute approximate surface area is 145 Å². The number of carbonyl (C=O) groups excluding carboxylic acids is 1. The first-order chi connectivity index (χ1) is 11.4. The molecule has 2 aliphatic rings. The summed E-state index contributed by atoms with van der Waals surface area (Å²) in [6.07, 6.45) is 0.255. The smallest absolute Gasteiger partial charge is 0.222 e. The Morgan fingerprint density at radius 2 is 2.00 bits per heavy atom. The lowest BCUT2D eigenvalue weighted by atomic mass is 10.0. The normalized spacial score (nSPS) is 31.0. The van der Waals surface area contributed by atoms with Crippen LogP contribution < -0.4 is 0 Å². The molecular weight excluding hydrogens is 310 g/mol. The maximum Gasteiger partial charge on any atom is 0.222 e. The number of hydrogen-bond donors (Lipinski definition) is 1. The molecule has 0 aromatic heterocycles. The summed E-state index contributed by atoms with van der Waals surface area (Å²) in [4.78, 5) is 18.9. The number of ether oxygens (including phenoxy) is 2. The molecule has 0 spiro atoms. The van der Waals surface area contributed by atoms with E-state index in [2.05, 4.69) is 23.8 Å². The summed E-state index contributed by atoms with van der Waals surface area (Å²) >= 11 is 0. The molecular formula is C17H33N3O4. The van der Waals surface area contributed by atoms with E-state index in [1.165, 1.54) is 0 Å². The summed E-state index contributed by atoms with van der Waals surface area (Å²) in [6.45, 7) is 7.22. The van der Waals surface area contributed by atoms with Gasteiger partial charge in [-0.15, -0.1) is 0 Å². The van der Waals surface area contributed by atoms with Gasteiger partial charge in [-0.05, 0) is 20.4 Å². The number of hydrogen-bond acceptors (Lipinski definition) is 6. The van der Waals surface area contributed by atoms with Crippen molar-refractivity contribution in [2.75, 3.05) is 60.6 Å². The molecule has 0 aromatic rings. The number of piperazine rings is 1. The lowest BCUT2D eigenvalue weighted by Gasteiger charge is -2.39. The maximum absolute atomic E-state index is 12.5. The van der Waals surface area contributed by atoms with Crippen molar-refractivity contribution in [3.63, 3.8) is 0 Å². The zero-order valence-corrected chi connectivity index (χ0v) is 15.5. The number of aliphatic hydroxyl groups is 1. The van der Waals surface area contributed by atoms with Crippen LogP contribution in [0.3, 0.4) is 0 Å². The highest BCUT2D eigenvalue weighted by molar-refractivity contribution is 5.76. The van der Waals surface area contributed by atoms with E-state index in [-0.39, 0.29) is 18.1 Å². The van der Waals surface area contributed by atoms with Crippen LogP contribution in [0.25, 0.3) is 0 Å². The molecule has 2 saturated heterocycles. The van der Waals surface area contributed by atoms with Gasteiger partial charge in [0, 0.05) is 52.8 Å². The van der Waals surface area contributed by atoms with Crippen LogP contribution in [0.1, 0.15) is 19.8 Å². The molecule has 0 unspecified atom stereocenters. The van der Waals surface area contributed by atoms with Gasteiger partial charge in [0.25, 0.3) is 0 Å². The first-order valence-corrected chi connectivity index (χ1v) is 8.91. The Kier molecular flexibility index (Phi) is 7.43. The van der Waals surface area contributed by atoms with E-state index in [0.717, 1.165) is 32.6 Å². The standard InChI is InChI=1S/C17H33N3O4/c1-13(20-9-7-18(2)8-10-20)5-6-16(21)19(3)14-11-24-12-15(23-4)17(14)22/h13-15,17,22H,5-12H2,1-4H3/t13-,14+,15+,17-/m0/s1. The second kappa shape index (κ2) is 9.10. The molecule has 2 aliphatic heterocycles. The predicted molar refractivity (Wildman–Crippen MR) is 91.9 cm³/mol. The highest BCUT2D eigenvalue weighted by Crippen LogP contribution is 2.18. The van der Waals surface area contributed by atoms with E-state index < -0.39 is 6.10 Å². The maximum atomic E-state index is 12.5. The van der Waals surface area contributed by atoms with Crippen LogP contribution in [-0.2, 0) is 14.3 Å². The van der Waals surface area contributed by atoms with Crippen LogP contribution in [0.5, 0.6) is 0 Å². The number of methoxy groups -OCH3 is 1. The fraction of sp³-hybridized carbons (Fsp3) is 0.941. The molecule has 24 heavy (non-hydrogen) atoms. The molecule has 2 heterocycles. The molecule has 0 saturated carbocycles. The van der Waals surface area contributed by atoms with Crippen molar-refractivity contribution in [3.05, 3.63) is 0 Å². The summed E-state index contributed by atoms with van der Waals surface area (Å²) in [5.74, 6) is 0.0559. The van der Waals surface area contributed by atoms with Crippen LogP contribution in [0.4, 0.5) is 0 Å². The highest BCUT2D eigenvalue weighted by atomic mass is 16.5. The molecule has 2 fully saturated rings. The summed E-state index contributed by atoms with van der Waals surface area (Å²) in [6, 6.07) is 0.0606. The van der Waals surface area contributed by atoms with Gasteiger partial charge in [-0.1, -0.05) is 0 Å². The topological polar surface area (TPSA) is 65.5 Å². The van der Waals surface area contributed by atoms with E-state index in [1.807, 2.05) is 0 Å². The van der Waals surface area contributed by atoms with Gasteiger partial charge in [0.15, 0.2) is 0 Å². The van der Waals surface area contributed by atoms with Crippen molar-refractivity contribution >= 4 is 5.91 Å². The molecule has 2 rings (SSSR count). The average molecular weight is 343 g/mol. The van der Waals surface area contributed by atoms with Crippen molar-refractivity contribution in [2.24, 2.45) is 0 Å². The minimum atomic E-state index is -0.701. The number of rotatable bonds is 6. The molecule has 0 aliphatic carbocycles. The number of carbonyl (C=O) groups is 1. The van der Waals surface area contributed by atoms with E-state index in [9.17, 15) is 9.90 Å². The molecule has 4 atom stereocenters. The fourth-order valence-corrected chi connectivity index (χ4v) is 3.44. The molecule has 1 N–H and O–H groups in total. The van der Waals surface area contributed by atoms with Gasteiger partial charge in [-0.3, -0.25) is 9.69 Å². The zero-order chi connectivity index (χ0) is 17.7. The summed E-state index contributed by atoms with van der Waals surface area (Å²) in [5.41, 5.74) is 0. The van der Waals surface area contributed by atoms with Gasteiger partial charge in [-0.2, -0.15) is 0 Å². The third kappa shape index (κ3) is 4.89. The van der Waals surface area contributed by atoms with Crippen LogP contribution >= 0.6 is 0 Å². The van der Waals surface area contributed by atoms with Gasteiger partial charge in [0.05, 0.1) is 19.3 Å². The number of likely N-dealkylation sites (N-methyl/N-ethyl adjacent to an activating group) is 2. The predicted octanol–water partition coefficient (Wildman–Crippen LogP) is -0.364. The van der Waals surface area contributed by atoms with Crippen molar-refractivity contribution in [1.82, 2.24) is 14.7 Å². The summed E-state index contributed by atoms with van der Waals surface area (Å²) in [5, 5.41) is 10.3. The Morgan fingerprint density at radius 3 is 2.62 bits per heavy atom. The van der Waals surface area contributed by atoms with Crippen LogP contribution in [-0.4, -0.2) is 111 Å². The number of nitrogens with zero attached hydrogens (tertiary/aromatic N) is 3. The lowest BCUT2D eigenvalue weighted by molar-refractivity contribution is -0.158. The molecule has 0 radical (unpaired) electrons. The lowest BCUT2D eigenvalue weighted by Crippen LogP contribution is -2.56. The second-order valence-electron chi connectivity index (χ2n) is 7.10. The number of aliphatic hydroxyl groups excluding tert-OH is 1. The highest BCUT2D eigenvalue weighted by Gasteiger charge is 2.36. The monoisotopic (exact) mass is 343 g/mol. The second-order valence-corrected chi connectivity index (χ2v) is 7.10. The Bertz CT molecular complexity index is 401. The van der Waals surface area contributed by atoms with Crippen molar-refractivity contribution in [2.45, 2.75) is 44.1 Å². The van der Waals surface area contributed by atoms with Gasteiger partial charge in [-0.25, -0.2) is 0 Å². The first kappa shape index (κ1) is 19.6. The Hall–Kier alpha value is -0.730. The van der Waals surface area contributed by atoms with Gasteiger partial charge in [0.1, 0.15) is 12.2 Å². The van der Waals surface area contributed by atoms with Crippen LogP contribution in [0.2, 0.25) is 0 Å². The molecule has 1 amide bonds. The van der Waals surface area contributed by atoms with Gasteiger partial charge >= 0.3 is 0 Å². The molecule has 7 heteroatoms. The SMILES string of the molecule is CO[C@@H]1COC[C@@H](N(C)C(=O)CC[C@H](C)N2CCN(C)CC2)[C@@H]1O. The molecule has 0 bridgehead atoms. The third-order valence-corrected chi connectivity index (χ3v) is 5.48. The minimum absolute atomic E-state index is 0.0559. The van der Waals surface area contributed by atoms with E-state index >= 15 is 0 Å². The van der Waals surface area contributed by atoms with Gasteiger partial charge in [0.2, 0.25) is 5.91 Å². The molecule has 140 valence electrons. The van der Waals surface area contributed by atoms with Gasteiger partial charge < -0.3 is 24.4 Å². The zero-order valence-electron chi connectivity index (χ0n) is 15.5. The van der Waals surface area contributed by atoms with E-state index in [1.54, 1.807) is 19.1 Å². The molecule has 0 aromatic carbocycles. The average Bonchev–Trinajstić information content (AvgIpc) is 2.59. The van der Waals surface area contributed by atoms with Crippen LogP contribution in [0.15, 0.2) is 0 Å². The van der Waals surface area contributed by atoms with Crippen molar-refractivity contribution < 1.29 is 19.4 Å². The van der Waals surface area contributed by atoms with Crippen molar-refractivity contribution in [3.8, 4) is 0 Å². The number of amides is 1. The van der Waals surface area contributed by atoms with Crippen molar-refractivity contribution in [1.29, 1.82) is 0 Å². The fourth-order valence-electron chi connectivity index (χ4n) is 3.44. The third-order valence-electron chi connectivity index (χ3n) is 5.48. The largest absolute Gasteiger partial charge is 0.388 e. The summed E-state index contributed by atoms with van der Waals surface area (Å²) < 4.78 is 10.7. The quantitative estimate of drug-likeness (QED) is 0.710. The van der Waals surface area contributed by atoms with E-state index in [0.29, 0.717) is 25.7 Å². The minimum Gasteiger partial charge on any atom is -0.388 e. The first-order valence-electron chi connectivity index (χ1n) is 8.91. The van der Waals surface area contributed by atoms with E-state index in [4.69, 9.17) is 9.47 Å². The Balaban J connectivity index is 1.78. The molecule has 7 nitrogen and oxygen atoms in total. The van der Waals surface area contributed by atoms with Crippen LogP contribution in [0, 0.1) is 0 Å².